The van der Waals surface area contributed by atoms with E-state index in [1.165, 1.54) is 17.3 Å². The summed E-state index contributed by atoms with van der Waals surface area (Å²) >= 11 is 1.34. The van der Waals surface area contributed by atoms with Gasteiger partial charge in [0.1, 0.15) is 0 Å². The molecule has 0 aliphatic heterocycles. The summed E-state index contributed by atoms with van der Waals surface area (Å²) in [5, 5.41) is 17.6. The molecule has 0 unspecified atom stereocenters. The molecule has 0 aliphatic carbocycles. The molecule has 8 heteroatoms. The molecule has 0 atom stereocenters. The number of thioether (sulfide) groups is 1. The fourth-order valence-electron chi connectivity index (χ4n) is 2.16. The van der Waals surface area contributed by atoms with Crippen LogP contribution in [0.4, 0.5) is 0 Å². The molecule has 0 aliphatic rings. The molecule has 1 aromatic carbocycles. The Labute approximate surface area is 153 Å². The van der Waals surface area contributed by atoms with Crippen LogP contribution >= 0.6 is 11.8 Å². The van der Waals surface area contributed by atoms with E-state index in [1.54, 1.807) is 4.68 Å². The molecule has 0 radical (unpaired) electrons. The van der Waals surface area contributed by atoms with Gasteiger partial charge >= 0.3 is 0 Å². The summed E-state index contributed by atoms with van der Waals surface area (Å²) in [6.45, 7) is 10.3. The second kappa shape index (κ2) is 8.96. The van der Waals surface area contributed by atoms with E-state index >= 15 is 0 Å². The van der Waals surface area contributed by atoms with Gasteiger partial charge in [-0.25, -0.2) is 0 Å². The highest BCUT2D eigenvalue weighted by molar-refractivity contribution is 7.99. The molecule has 2 rings (SSSR count). The van der Waals surface area contributed by atoms with Gasteiger partial charge in [0.25, 0.3) is 0 Å². The second-order valence-electron chi connectivity index (χ2n) is 7.06. The normalized spacial score (nSPS) is 11.5. The van der Waals surface area contributed by atoms with Crippen LogP contribution in [0.15, 0.2) is 29.4 Å². The average molecular weight is 364 g/mol. The fourth-order valence-corrected chi connectivity index (χ4v) is 2.88. The lowest BCUT2D eigenvalue weighted by molar-refractivity contribution is -0.717. The maximum atomic E-state index is 12.0. The number of hydrogen-bond donors (Lipinski definition) is 2. The van der Waals surface area contributed by atoms with Crippen LogP contribution in [0, 0.1) is 6.92 Å². The Morgan fingerprint density at radius 3 is 2.68 bits per heavy atom. The third-order valence-electron chi connectivity index (χ3n) is 3.51. The van der Waals surface area contributed by atoms with Crippen molar-refractivity contribution >= 4 is 17.7 Å². The fraction of sp³-hybridized carbons (Fsp3) is 0.529. The van der Waals surface area contributed by atoms with Crippen molar-refractivity contribution < 1.29 is 10.1 Å². The van der Waals surface area contributed by atoms with E-state index in [-0.39, 0.29) is 11.4 Å². The van der Waals surface area contributed by atoms with Crippen LogP contribution < -0.4 is 10.6 Å². The van der Waals surface area contributed by atoms with Gasteiger partial charge in [0.05, 0.1) is 23.5 Å². The third kappa shape index (κ3) is 6.83. The first-order valence-corrected chi connectivity index (χ1v) is 9.43. The van der Waals surface area contributed by atoms with Crippen molar-refractivity contribution in [3.8, 4) is 5.69 Å². The van der Waals surface area contributed by atoms with E-state index in [0.717, 1.165) is 18.7 Å². The molecule has 2 aromatic rings. The largest absolute Gasteiger partial charge is 0.355 e. The van der Waals surface area contributed by atoms with Gasteiger partial charge in [-0.1, -0.05) is 29.5 Å². The van der Waals surface area contributed by atoms with Crippen molar-refractivity contribution in [3.05, 3.63) is 29.8 Å². The van der Waals surface area contributed by atoms with E-state index < -0.39 is 0 Å². The van der Waals surface area contributed by atoms with Crippen LogP contribution in [0.25, 0.3) is 5.69 Å². The van der Waals surface area contributed by atoms with Gasteiger partial charge in [0.15, 0.2) is 0 Å². The molecule has 1 amide bonds. The molecular weight excluding hydrogens is 336 g/mol. The molecule has 0 saturated heterocycles. The Hall–Kier alpha value is -1.93. The van der Waals surface area contributed by atoms with Gasteiger partial charge in [0.2, 0.25) is 11.1 Å². The monoisotopic (exact) mass is 363 g/mol. The Bertz CT molecular complexity index is 677. The minimum Gasteiger partial charge on any atom is -0.355 e. The molecule has 0 spiro atoms. The van der Waals surface area contributed by atoms with E-state index in [1.807, 2.05) is 31.2 Å². The predicted octanol–water partition coefficient (Wildman–Crippen LogP) is 0.931. The minimum absolute atomic E-state index is 0.000727. The van der Waals surface area contributed by atoms with Crippen molar-refractivity contribution in [2.75, 3.05) is 18.8 Å². The van der Waals surface area contributed by atoms with Crippen LogP contribution in [0.1, 0.15) is 32.8 Å². The first-order chi connectivity index (χ1) is 11.8. The average Bonchev–Trinajstić information content (AvgIpc) is 3.01. The number of nitrogens with two attached hydrogens (primary N) is 1. The SMILES string of the molecule is Cc1ccc(-n2nnnc2SCC(=O)NCCC[NH2+]C(C)(C)C)cc1. The number of nitrogens with zero attached hydrogens (tertiary/aromatic N) is 4. The smallest absolute Gasteiger partial charge is 0.230 e. The number of carbonyl (C=O) groups is 1. The van der Waals surface area contributed by atoms with Crippen molar-refractivity contribution in [2.24, 2.45) is 0 Å². The number of hydrogen-bond acceptors (Lipinski definition) is 5. The van der Waals surface area contributed by atoms with Gasteiger partial charge < -0.3 is 10.6 Å². The molecule has 0 bridgehead atoms. The number of carbonyl (C=O) groups excluding carboxylic acids is 1. The van der Waals surface area contributed by atoms with Crippen LogP contribution in [0.2, 0.25) is 0 Å². The lowest BCUT2D eigenvalue weighted by Crippen LogP contribution is -2.94. The third-order valence-corrected chi connectivity index (χ3v) is 4.43. The van der Waals surface area contributed by atoms with Crippen LogP contribution in [0.5, 0.6) is 0 Å². The van der Waals surface area contributed by atoms with Gasteiger partial charge in [-0.15, -0.1) is 5.10 Å². The highest BCUT2D eigenvalue weighted by atomic mass is 32.2. The molecule has 25 heavy (non-hydrogen) atoms. The molecule has 1 aromatic heterocycles. The van der Waals surface area contributed by atoms with Gasteiger partial charge in [-0.2, -0.15) is 4.68 Å². The number of tetrazole rings is 1. The molecule has 0 fully saturated rings. The van der Waals surface area contributed by atoms with Gasteiger partial charge in [-0.05, 0) is 50.3 Å². The summed E-state index contributed by atoms with van der Waals surface area (Å²) in [5.74, 6) is 0.300. The number of aromatic nitrogens is 4. The molecular formula is C17H27N6OS+. The number of amides is 1. The minimum atomic E-state index is -0.000727. The van der Waals surface area contributed by atoms with E-state index in [4.69, 9.17) is 0 Å². The van der Waals surface area contributed by atoms with Crippen LogP contribution in [-0.2, 0) is 4.79 Å². The van der Waals surface area contributed by atoms with Crippen LogP contribution in [0.3, 0.4) is 0 Å². The van der Waals surface area contributed by atoms with Gasteiger partial charge in [0, 0.05) is 13.0 Å². The van der Waals surface area contributed by atoms with Gasteiger partial charge in [-0.3, -0.25) is 4.79 Å². The number of benzene rings is 1. The molecule has 7 nitrogen and oxygen atoms in total. The summed E-state index contributed by atoms with van der Waals surface area (Å²) in [5.41, 5.74) is 2.29. The molecule has 3 N–H and O–H groups in total. The number of rotatable bonds is 8. The Balaban J connectivity index is 1.75. The van der Waals surface area contributed by atoms with E-state index in [9.17, 15) is 4.79 Å². The quantitative estimate of drug-likeness (QED) is 0.538. The first-order valence-electron chi connectivity index (χ1n) is 8.44. The predicted molar refractivity (Wildman–Crippen MR) is 98.8 cm³/mol. The Kier molecular flexibility index (Phi) is 6.95. The Morgan fingerprint density at radius 2 is 2.00 bits per heavy atom. The van der Waals surface area contributed by atoms with Crippen molar-refractivity contribution in [1.29, 1.82) is 0 Å². The van der Waals surface area contributed by atoms with E-state index in [2.05, 4.69) is 46.9 Å². The van der Waals surface area contributed by atoms with Crippen molar-refractivity contribution in [2.45, 2.75) is 44.8 Å². The van der Waals surface area contributed by atoms with E-state index in [0.29, 0.717) is 17.5 Å². The summed E-state index contributed by atoms with van der Waals surface area (Å²) in [4.78, 5) is 12.0. The zero-order valence-electron chi connectivity index (χ0n) is 15.3. The first kappa shape index (κ1) is 19.4. The summed E-state index contributed by atoms with van der Waals surface area (Å²) < 4.78 is 1.65. The zero-order chi connectivity index (χ0) is 18.3. The number of nitrogens with one attached hydrogen (secondary N) is 1. The summed E-state index contributed by atoms with van der Waals surface area (Å²) in [6.07, 6.45) is 0.953. The molecule has 136 valence electrons. The standard InChI is InChI=1S/C17H26N6OS/c1-13-6-8-14(9-7-13)23-16(20-21-22-23)25-12-15(24)18-10-5-11-19-17(2,3)4/h6-9,19H,5,10-12H2,1-4H3,(H,18,24)/p+1. The summed E-state index contributed by atoms with van der Waals surface area (Å²) in [6, 6.07) is 7.93. The maximum absolute atomic E-state index is 12.0. The lowest BCUT2D eigenvalue weighted by atomic mass is 10.1. The highest BCUT2D eigenvalue weighted by Crippen LogP contribution is 2.18. The second-order valence-corrected chi connectivity index (χ2v) is 8.00. The zero-order valence-corrected chi connectivity index (χ0v) is 16.1. The maximum Gasteiger partial charge on any atom is 0.230 e. The molecule has 1 heterocycles. The lowest BCUT2D eigenvalue weighted by Gasteiger charge is -2.16. The number of quaternary nitrogens is 1. The highest BCUT2D eigenvalue weighted by Gasteiger charge is 2.13. The summed E-state index contributed by atoms with van der Waals surface area (Å²) in [7, 11) is 0. The topological polar surface area (TPSA) is 89.3 Å². The van der Waals surface area contributed by atoms with Crippen molar-refractivity contribution in [3.63, 3.8) is 0 Å². The Morgan fingerprint density at radius 1 is 1.28 bits per heavy atom. The number of aryl methyl sites for hydroxylation is 1. The van der Waals surface area contributed by atoms with Crippen molar-refractivity contribution in [1.82, 2.24) is 25.5 Å². The van der Waals surface area contributed by atoms with Crippen LogP contribution in [-0.4, -0.2) is 50.5 Å². The molecule has 0 saturated carbocycles.